The van der Waals surface area contributed by atoms with Gasteiger partial charge in [0, 0.05) is 24.8 Å². The summed E-state index contributed by atoms with van der Waals surface area (Å²) in [4.78, 5) is 19.9. The maximum absolute atomic E-state index is 11.2. The molecule has 0 saturated heterocycles. The number of rotatable bonds is 6. The summed E-state index contributed by atoms with van der Waals surface area (Å²) in [6, 6.07) is 17.2. The van der Waals surface area contributed by atoms with E-state index in [1.165, 1.54) is 7.11 Å². The number of aromatic nitrogens is 1. The van der Waals surface area contributed by atoms with Crippen molar-refractivity contribution >= 4 is 41.7 Å². The van der Waals surface area contributed by atoms with Crippen LogP contribution in [0.3, 0.4) is 0 Å². The maximum Gasteiger partial charge on any atom is 0.411 e. The Labute approximate surface area is 192 Å². The highest BCUT2D eigenvalue weighted by molar-refractivity contribution is 14.0. The van der Waals surface area contributed by atoms with Crippen molar-refractivity contribution in [1.29, 1.82) is 0 Å². The van der Waals surface area contributed by atoms with Crippen LogP contribution < -0.4 is 16.0 Å². The molecule has 30 heavy (non-hydrogen) atoms. The van der Waals surface area contributed by atoms with Gasteiger partial charge in [-0.2, -0.15) is 0 Å². The quantitative estimate of drug-likeness (QED) is 0.258. The fraction of sp³-hybridized carbons (Fsp3) is 0.190. The molecular formula is C21H24IN5O3. The molecule has 0 spiro atoms. The monoisotopic (exact) mass is 521 g/mol. The molecule has 0 bridgehead atoms. The van der Waals surface area contributed by atoms with Crippen LogP contribution in [0.15, 0.2) is 70.3 Å². The number of amides is 1. The maximum atomic E-state index is 11.2. The number of methoxy groups -OCH3 is 1. The van der Waals surface area contributed by atoms with Gasteiger partial charge >= 0.3 is 6.09 Å². The van der Waals surface area contributed by atoms with Crippen molar-refractivity contribution in [2.75, 3.05) is 19.5 Å². The highest BCUT2D eigenvalue weighted by atomic mass is 127. The largest absolute Gasteiger partial charge is 0.453 e. The topological polar surface area (TPSA) is 101 Å². The lowest BCUT2D eigenvalue weighted by Crippen LogP contribution is -2.36. The molecule has 0 saturated carbocycles. The molecule has 0 aliphatic carbocycles. The molecule has 0 aliphatic heterocycles. The molecule has 8 nitrogen and oxygen atoms in total. The minimum atomic E-state index is -0.497. The standard InChI is InChI=1S/C21H23N5O3.HI/c1-22-20(23-12-15-8-10-17(11-9-15)26-21(27)28-2)24-13-18-14-29-19(25-18)16-6-4-3-5-7-16;/h3-11,14H,12-13H2,1-2H3,(H,26,27)(H2,22,23,24);1H. The van der Waals surface area contributed by atoms with Gasteiger partial charge in [-0.25, -0.2) is 9.78 Å². The summed E-state index contributed by atoms with van der Waals surface area (Å²) in [6.45, 7) is 1.06. The van der Waals surface area contributed by atoms with E-state index in [1.807, 2.05) is 54.6 Å². The number of hydrogen-bond donors (Lipinski definition) is 3. The van der Waals surface area contributed by atoms with E-state index in [9.17, 15) is 4.79 Å². The van der Waals surface area contributed by atoms with Gasteiger partial charge in [-0.1, -0.05) is 30.3 Å². The van der Waals surface area contributed by atoms with E-state index in [4.69, 9.17) is 4.42 Å². The second kappa shape index (κ2) is 11.8. The number of oxazole rings is 1. The van der Waals surface area contributed by atoms with Crippen LogP contribution in [0.5, 0.6) is 0 Å². The number of ether oxygens (including phenoxy) is 1. The van der Waals surface area contributed by atoms with E-state index in [0.717, 1.165) is 16.8 Å². The first-order chi connectivity index (χ1) is 14.2. The molecule has 1 heterocycles. The molecule has 3 N–H and O–H groups in total. The second-order valence-electron chi connectivity index (χ2n) is 6.10. The van der Waals surface area contributed by atoms with Gasteiger partial charge in [0.2, 0.25) is 5.89 Å². The van der Waals surface area contributed by atoms with Crippen LogP contribution in [0, 0.1) is 0 Å². The number of benzene rings is 2. The molecule has 0 unspecified atom stereocenters. The number of halogens is 1. The Morgan fingerprint density at radius 2 is 1.77 bits per heavy atom. The number of guanidine groups is 1. The summed E-state index contributed by atoms with van der Waals surface area (Å²) < 4.78 is 10.1. The van der Waals surface area contributed by atoms with Crippen LogP contribution in [-0.4, -0.2) is 31.2 Å². The third-order valence-electron chi connectivity index (χ3n) is 4.08. The van der Waals surface area contributed by atoms with E-state index < -0.39 is 6.09 Å². The molecule has 9 heteroatoms. The number of aliphatic imine (C=N–C) groups is 1. The lowest BCUT2D eigenvalue weighted by atomic mass is 10.2. The van der Waals surface area contributed by atoms with Crippen LogP contribution in [0.25, 0.3) is 11.5 Å². The van der Waals surface area contributed by atoms with Gasteiger partial charge in [0.15, 0.2) is 5.96 Å². The van der Waals surface area contributed by atoms with Crippen LogP contribution in [0.1, 0.15) is 11.3 Å². The third-order valence-corrected chi connectivity index (χ3v) is 4.08. The van der Waals surface area contributed by atoms with Crippen molar-refractivity contribution in [1.82, 2.24) is 15.6 Å². The molecule has 0 radical (unpaired) electrons. The molecule has 1 amide bonds. The minimum Gasteiger partial charge on any atom is -0.453 e. The summed E-state index contributed by atoms with van der Waals surface area (Å²) >= 11 is 0. The summed E-state index contributed by atoms with van der Waals surface area (Å²) in [6.07, 6.45) is 1.14. The highest BCUT2D eigenvalue weighted by Crippen LogP contribution is 2.17. The van der Waals surface area contributed by atoms with Crippen molar-refractivity contribution in [2.24, 2.45) is 4.99 Å². The van der Waals surface area contributed by atoms with Gasteiger partial charge in [-0.05, 0) is 29.8 Å². The van der Waals surface area contributed by atoms with Gasteiger partial charge in [0.05, 0.1) is 19.3 Å². The van der Waals surface area contributed by atoms with E-state index in [2.05, 4.69) is 30.7 Å². The number of nitrogens with one attached hydrogen (secondary N) is 3. The lowest BCUT2D eigenvalue weighted by Gasteiger charge is -2.11. The van der Waals surface area contributed by atoms with Crippen molar-refractivity contribution < 1.29 is 13.9 Å². The van der Waals surface area contributed by atoms with Gasteiger partial charge < -0.3 is 19.8 Å². The number of carbonyl (C=O) groups excluding carboxylic acids is 1. The molecule has 0 fully saturated rings. The zero-order valence-electron chi connectivity index (χ0n) is 16.7. The zero-order valence-corrected chi connectivity index (χ0v) is 19.0. The van der Waals surface area contributed by atoms with Gasteiger partial charge in [-0.3, -0.25) is 10.3 Å². The van der Waals surface area contributed by atoms with Crippen molar-refractivity contribution in [3.8, 4) is 11.5 Å². The normalized spacial score (nSPS) is 10.7. The molecular weight excluding hydrogens is 497 g/mol. The Balaban J connectivity index is 0.00000320. The zero-order chi connectivity index (χ0) is 20.5. The average Bonchev–Trinajstić information content (AvgIpc) is 3.24. The van der Waals surface area contributed by atoms with Gasteiger partial charge in [-0.15, -0.1) is 24.0 Å². The molecule has 158 valence electrons. The number of anilines is 1. The van der Waals surface area contributed by atoms with Gasteiger partial charge in [0.25, 0.3) is 0 Å². The highest BCUT2D eigenvalue weighted by Gasteiger charge is 2.07. The molecule has 3 rings (SSSR count). The van der Waals surface area contributed by atoms with Gasteiger partial charge in [0.1, 0.15) is 6.26 Å². The summed E-state index contributed by atoms with van der Waals surface area (Å²) in [7, 11) is 3.03. The molecule has 1 aromatic heterocycles. The Hall–Kier alpha value is -3.08. The van der Waals surface area contributed by atoms with Crippen molar-refractivity contribution in [3.05, 3.63) is 72.1 Å². The Bertz CT molecular complexity index is 958. The fourth-order valence-electron chi connectivity index (χ4n) is 2.56. The van der Waals surface area contributed by atoms with E-state index in [-0.39, 0.29) is 24.0 Å². The summed E-state index contributed by atoms with van der Waals surface area (Å²) in [5, 5.41) is 9.06. The number of carbonyl (C=O) groups is 1. The van der Waals surface area contributed by atoms with Crippen molar-refractivity contribution in [2.45, 2.75) is 13.1 Å². The predicted molar refractivity (Wildman–Crippen MR) is 127 cm³/mol. The third kappa shape index (κ3) is 6.76. The first kappa shape index (κ1) is 23.2. The summed E-state index contributed by atoms with van der Waals surface area (Å²) in [5.74, 6) is 1.23. The van der Waals surface area contributed by atoms with Crippen LogP contribution >= 0.6 is 24.0 Å². The number of hydrogen-bond acceptors (Lipinski definition) is 5. The smallest absolute Gasteiger partial charge is 0.411 e. The fourth-order valence-corrected chi connectivity index (χ4v) is 2.56. The molecule has 2 aromatic carbocycles. The van der Waals surface area contributed by atoms with Crippen LogP contribution in [-0.2, 0) is 17.8 Å². The predicted octanol–water partition coefficient (Wildman–Crippen LogP) is 4.00. The second-order valence-corrected chi connectivity index (χ2v) is 6.10. The Morgan fingerprint density at radius 1 is 1.07 bits per heavy atom. The van der Waals surface area contributed by atoms with E-state index in [1.54, 1.807) is 13.3 Å². The summed E-state index contributed by atoms with van der Waals surface area (Å²) in [5.41, 5.74) is 3.43. The molecule has 3 aromatic rings. The Kier molecular flexibility index (Phi) is 9.13. The average molecular weight is 521 g/mol. The minimum absolute atomic E-state index is 0. The Morgan fingerprint density at radius 3 is 2.43 bits per heavy atom. The van der Waals surface area contributed by atoms with E-state index >= 15 is 0 Å². The lowest BCUT2D eigenvalue weighted by molar-refractivity contribution is 0.187. The van der Waals surface area contributed by atoms with Crippen molar-refractivity contribution in [3.63, 3.8) is 0 Å². The van der Waals surface area contributed by atoms with E-state index in [0.29, 0.717) is 30.6 Å². The number of nitrogens with zero attached hydrogens (tertiary/aromatic N) is 2. The van der Waals surface area contributed by atoms with Crippen LogP contribution in [0.4, 0.5) is 10.5 Å². The molecule has 0 aliphatic rings. The molecule has 0 atom stereocenters. The first-order valence-electron chi connectivity index (χ1n) is 9.06. The van der Waals surface area contributed by atoms with Crippen LogP contribution in [0.2, 0.25) is 0 Å². The first-order valence-corrected chi connectivity index (χ1v) is 9.06. The SMILES string of the molecule is CN=C(NCc1ccc(NC(=O)OC)cc1)NCc1coc(-c2ccccc2)n1.I.